The van der Waals surface area contributed by atoms with Gasteiger partial charge >= 0.3 is 11.9 Å². The molecule has 0 saturated carbocycles. The van der Waals surface area contributed by atoms with Crippen molar-refractivity contribution >= 4 is 46.1 Å². The fourth-order valence-corrected chi connectivity index (χ4v) is 2.86. The molecule has 2 N–H and O–H groups in total. The van der Waals surface area contributed by atoms with E-state index in [4.69, 9.17) is 20.0 Å². The van der Waals surface area contributed by atoms with E-state index in [1.165, 1.54) is 0 Å². The summed E-state index contributed by atoms with van der Waals surface area (Å²) in [5, 5.41) is 18.0. The maximum atomic E-state index is 11.6. The second-order valence-electron chi connectivity index (χ2n) is 3.48. The fraction of sp³-hybridized carbons (Fsp3) is 0.333. The van der Waals surface area contributed by atoms with Gasteiger partial charge in [-0.1, -0.05) is 0 Å². The summed E-state index contributed by atoms with van der Waals surface area (Å²) in [4.78, 5) is 23.2. The largest absolute Gasteiger partial charge is 0.462 e. The molecule has 0 aromatic carbocycles. The molecule has 0 aliphatic heterocycles. The third-order valence-corrected chi connectivity index (χ3v) is 4.02. The van der Waals surface area contributed by atoms with Crippen LogP contribution in [0.2, 0.25) is 0 Å². The van der Waals surface area contributed by atoms with Crippen molar-refractivity contribution in [3.05, 3.63) is 9.33 Å². The molecule has 1 heterocycles. The van der Waals surface area contributed by atoms with Gasteiger partial charge in [0.1, 0.15) is 21.5 Å². The van der Waals surface area contributed by atoms with Crippen molar-refractivity contribution in [2.45, 2.75) is 13.8 Å². The average Bonchev–Trinajstić information content (AvgIpc) is 2.51. The maximum absolute atomic E-state index is 11.6. The van der Waals surface area contributed by atoms with Crippen LogP contribution < -0.4 is 9.33 Å². The van der Waals surface area contributed by atoms with E-state index in [9.17, 15) is 9.59 Å². The summed E-state index contributed by atoms with van der Waals surface area (Å²) < 4.78 is 15.5. The Hall–Kier alpha value is -2.56. The van der Waals surface area contributed by atoms with Crippen LogP contribution in [0.5, 0.6) is 0 Å². The number of rotatable bonds is 4. The standard InChI is InChI=1S/C12H12N4O4S2/c1-3-19-11(17)7(5-13)9-15-22-10(16-21-9)8(6-14)12(18)20-4-2/h15-16H,3-4H2,1-2H3. The van der Waals surface area contributed by atoms with Gasteiger partial charge in [0.15, 0.2) is 11.1 Å². The quantitative estimate of drug-likeness (QED) is 0.745. The zero-order valence-electron chi connectivity index (χ0n) is 11.8. The molecular weight excluding hydrogens is 328 g/mol. The first-order chi connectivity index (χ1) is 10.6. The Morgan fingerprint density at radius 1 is 0.955 bits per heavy atom. The number of aromatic amines is 2. The molecule has 8 nitrogen and oxygen atoms in total. The Balaban J connectivity index is 3.41. The second-order valence-corrected chi connectivity index (χ2v) is 5.11. The van der Waals surface area contributed by atoms with E-state index in [1.807, 2.05) is 0 Å². The lowest BCUT2D eigenvalue weighted by Crippen LogP contribution is -2.21. The van der Waals surface area contributed by atoms with Gasteiger partial charge in [0, 0.05) is 0 Å². The van der Waals surface area contributed by atoms with Gasteiger partial charge in [0.25, 0.3) is 0 Å². The normalized spacial score (nSPS) is 12.4. The fourth-order valence-electron chi connectivity index (χ4n) is 1.23. The van der Waals surface area contributed by atoms with Crippen LogP contribution in [0.4, 0.5) is 0 Å². The van der Waals surface area contributed by atoms with Gasteiger partial charge in [-0.25, -0.2) is 9.59 Å². The number of ether oxygens (including phenoxy) is 2. The number of aromatic nitrogens is 2. The first kappa shape index (κ1) is 17.5. The molecule has 0 atom stereocenters. The number of nitrogens with one attached hydrogen (secondary N) is 2. The Morgan fingerprint density at radius 2 is 1.32 bits per heavy atom. The van der Waals surface area contributed by atoms with Gasteiger partial charge in [0.05, 0.1) is 13.2 Å². The van der Waals surface area contributed by atoms with Crippen LogP contribution in [0.1, 0.15) is 13.8 Å². The molecule has 0 fully saturated rings. The summed E-state index contributed by atoms with van der Waals surface area (Å²) in [5.74, 6) is -1.50. The monoisotopic (exact) mass is 340 g/mol. The smallest absolute Gasteiger partial charge is 0.352 e. The number of nitrogens with zero attached hydrogens (tertiary/aromatic N) is 2. The van der Waals surface area contributed by atoms with Crippen LogP contribution >= 0.6 is 23.1 Å². The number of carbonyl (C=O) groups excluding carboxylic acids is 2. The molecular formula is C12H12N4O4S2. The lowest BCUT2D eigenvalue weighted by Gasteiger charge is -2.00. The van der Waals surface area contributed by atoms with Gasteiger partial charge in [-0.3, -0.25) is 8.75 Å². The zero-order valence-corrected chi connectivity index (χ0v) is 13.4. The molecule has 116 valence electrons. The number of nitriles is 2. The second kappa shape index (κ2) is 8.67. The number of hydrogen-bond acceptors (Lipinski definition) is 8. The first-order valence-corrected chi connectivity index (χ1v) is 7.70. The molecule has 1 rings (SSSR count). The Labute approximate surface area is 133 Å². The van der Waals surface area contributed by atoms with Crippen molar-refractivity contribution in [1.82, 2.24) is 8.75 Å². The van der Waals surface area contributed by atoms with Crippen LogP contribution in [0, 0.1) is 22.7 Å². The van der Waals surface area contributed by atoms with Crippen molar-refractivity contribution in [1.29, 1.82) is 10.5 Å². The predicted octanol–water partition coefficient (Wildman–Crippen LogP) is 0.0650. The number of hydrogen-bond donors (Lipinski definition) is 2. The van der Waals surface area contributed by atoms with E-state index in [1.54, 1.807) is 26.0 Å². The van der Waals surface area contributed by atoms with E-state index in [2.05, 4.69) is 8.75 Å². The number of esters is 2. The minimum Gasteiger partial charge on any atom is -0.462 e. The maximum Gasteiger partial charge on any atom is 0.352 e. The van der Waals surface area contributed by atoms with Crippen molar-refractivity contribution in [3.8, 4) is 12.1 Å². The molecule has 1 aromatic heterocycles. The van der Waals surface area contributed by atoms with Gasteiger partial charge < -0.3 is 9.47 Å². The highest BCUT2D eigenvalue weighted by atomic mass is 32.1. The molecule has 10 heteroatoms. The topological polar surface area (TPSA) is 132 Å². The van der Waals surface area contributed by atoms with Crippen molar-refractivity contribution < 1.29 is 19.1 Å². The Kier molecular flexibility index (Phi) is 6.89. The van der Waals surface area contributed by atoms with E-state index in [-0.39, 0.29) is 33.7 Å². The van der Waals surface area contributed by atoms with Crippen molar-refractivity contribution in [2.75, 3.05) is 13.2 Å². The average molecular weight is 340 g/mol. The van der Waals surface area contributed by atoms with Gasteiger partial charge in [-0.15, -0.1) is 0 Å². The molecule has 0 unspecified atom stereocenters. The third-order valence-electron chi connectivity index (χ3n) is 2.13. The lowest BCUT2D eigenvalue weighted by molar-refractivity contribution is -0.136. The van der Waals surface area contributed by atoms with Gasteiger partial charge in [-0.05, 0) is 36.9 Å². The first-order valence-electron chi connectivity index (χ1n) is 6.07. The lowest BCUT2D eigenvalue weighted by atomic mass is 10.3. The molecule has 0 radical (unpaired) electrons. The van der Waals surface area contributed by atoms with Crippen LogP contribution in [-0.4, -0.2) is 33.9 Å². The Morgan fingerprint density at radius 3 is 1.55 bits per heavy atom. The molecule has 1 aromatic rings. The van der Waals surface area contributed by atoms with Crippen molar-refractivity contribution in [3.63, 3.8) is 0 Å². The molecule has 0 spiro atoms. The van der Waals surface area contributed by atoms with Gasteiger partial charge in [0.2, 0.25) is 0 Å². The summed E-state index contributed by atoms with van der Waals surface area (Å²) in [6, 6.07) is 3.51. The predicted molar refractivity (Wildman–Crippen MR) is 79.1 cm³/mol. The highest BCUT2D eigenvalue weighted by Gasteiger charge is 2.14. The SMILES string of the molecule is CCOC(=O)C(C#N)=c1[nH]sc(=C(C#N)C(=O)OCC)[nH]s1. The molecule has 0 aliphatic rings. The van der Waals surface area contributed by atoms with Crippen LogP contribution in [0.3, 0.4) is 0 Å². The molecule has 0 aliphatic carbocycles. The van der Waals surface area contributed by atoms with E-state index < -0.39 is 11.9 Å². The third kappa shape index (κ3) is 4.22. The van der Waals surface area contributed by atoms with E-state index in [0.717, 1.165) is 23.1 Å². The summed E-state index contributed by atoms with van der Waals surface area (Å²) >= 11 is 1.79. The van der Waals surface area contributed by atoms with Crippen LogP contribution in [0.25, 0.3) is 11.1 Å². The Bertz CT molecular complexity index is 704. The minimum atomic E-state index is -0.749. The summed E-state index contributed by atoms with van der Waals surface area (Å²) in [6.45, 7) is 3.56. The minimum absolute atomic E-state index is 0.148. The number of carbonyl (C=O) groups is 2. The summed E-state index contributed by atoms with van der Waals surface area (Å²) in [7, 11) is 0. The molecule has 22 heavy (non-hydrogen) atoms. The molecule has 0 amide bonds. The molecule has 0 bridgehead atoms. The highest BCUT2D eigenvalue weighted by Crippen LogP contribution is 1.98. The van der Waals surface area contributed by atoms with Crippen LogP contribution in [-0.2, 0) is 19.1 Å². The van der Waals surface area contributed by atoms with E-state index >= 15 is 0 Å². The number of H-pyrrole nitrogens is 2. The van der Waals surface area contributed by atoms with Crippen LogP contribution in [0.15, 0.2) is 0 Å². The summed E-state index contributed by atoms with van der Waals surface area (Å²) in [5.41, 5.74) is -0.388. The zero-order chi connectivity index (χ0) is 16.5. The molecule has 0 saturated heterocycles. The van der Waals surface area contributed by atoms with E-state index in [0.29, 0.717) is 0 Å². The highest BCUT2D eigenvalue weighted by molar-refractivity contribution is 7.09. The summed E-state index contributed by atoms with van der Waals surface area (Å²) in [6.07, 6.45) is 0. The van der Waals surface area contributed by atoms with Crippen molar-refractivity contribution in [2.24, 2.45) is 0 Å². The van der Waals surface area contributed by atoms with Gasteiger partial charge in [-0.2, -0.15) is 10.5 Å².